The van der Waals surface area contributed by atoms with Crippen molar-refractivity contribution in [2.24, 2.45) is 0 Å². The highest BCUT2D eigenvalue weighted by Gasteiger charge is 2.10. The van der Waals surface area contributed by atoms with Gasteiger partial charge in [0, 0.05) is 11.0 Å². The zero-order valence-electron chi connectivity index (χ0n) is 7.92. The minimum absolute atomic E-state index is 0.223. The third-order valence-electron chi connectivity index (χ3n) is 1.78. The molecule has 0 unspecified atom stereocenters. The average molecular weight is 255 g/mol. The van der Waals surface area contributed by atoms with Gasteiger partial charge in [-0.15, -0.1) is 11.3 Å². The lowest BCUT2D eigenvalue weighted by Gasteiger charge is -1.99. The van der Waals surface area contributed by atoms with Crippen LogP contribution < -0.4 is 0 Å². The average Bonchev–Trinajstić information content (AvgIpc) is 2.69. The fraction of sp³-hybridized carbons (Fsp3) is 0. The van der Waals surface area contributed by atoms with Crippen LogP contribution in [0.3, 0.4) is 0 Å². The normalized spacial score (nSPS) is 10.3. The molecule has 0 atom stereocenters. The van der Waals surface area contributed by atoms with Crippen molar-refractivity contribution in [2.45, 2.75) is 9.10 Å². The Labute approximate surface area is 99.1 Å². The second kappa shape index (κ2) is 4.63. The zero-order chi connectivity index (χ0) is 11.5. The molecule has 16 heavy (non-hydrogen) atoms. The first-order valence-electron chi connectivity index (χ1n) is 4.31. The van der Waals surface area contributed by atoms with Gasteiger partial charge in [-0.3, -0.25) is 10.1 Å². The number of nitrogens with zero attached hydrogens (tertiary/aromatic N) is 1. The van der Waals surface area contributed by atoms with E-state index in [1.54, 1.807) is 0 Å². The minimum Gasteiger partial charge on any atom is -0.258 e. The summed E-state index contributed by atoms with van der Waals surface area (Å²) in [4.78, 5) is 10.5. The van der Waals surface area contributed by atoms with Gasteiger partial charge in [0.1, 0.15) is 5.82 Å². The number of thiophene rings is 1. The van der Waals surface area contributed by atoms with Gasteiger partial charge in [0.2, 0.25) is 0 Å². The van der Waals surface area contributed by atoms with Crippen LogP contribution in [0.4, 0.5) is 10.1 Å². The summed E-state index contributed by atoms with van der Waals surface area (Å²) in [6.45, 7) is 0. The number of rotatable bonds is 3. The Hall–Kier alpha value is -1.40. The van der Waals surface area contributed by atoms with Crippen LogP contribution in [0.2, 0.25) is 0 Å². The van der Waals surface area contributed by atoms with Crippen molar-refractivity contribution in [1.82, 2.24) is 0 Å². The van der Waals surface area contributed by atoms with Gasteiger partial charge in [-0.05, 0) is 17.5 Å². The molecule has 0 aliphatic carbocycles. The molecule has 0 saturated heterocycles. The van der Waals surface area contributed by atoms with Crippen LogP contribution in [0.1, 0.15) is 0 Å². The minimum atomic E-state index is -0.596. The van der Waals surface area contributed by atoms with Crippen molar-refractivity contribution in [3.63, 3.8) is 0 Å². The number of benzene rings is 1. The highest BCUT2D eigenvalue weighted by Crippen LogP contribution is 2.33. The Balaban J connectivity index is 2.31. The maximum Gasteiger partial charge on any atom is 0.273 e. The predicted molar refractivity (Wildman–Crippen MR) is 61.5 cm³/mol. The molecule has 1 heterocycles. The maximum atomic E-state index is 13.1. The molecule has 3 nitrogen and oxygen atoms in total. The standard InChI is InChI=1S/C10H6FNO2S2/c11-7-4-8(12(13)14)6-9(5-7)16-10-2-1-3-15-10/h1-6H. The molecular formula is C10H6FNO2S2. The number of hydrogen-bond acceptors (Lipinski definition) is 4. The molecule has 6 heteroatoms. The quantitative estimate of drug-likeness (QED) is 0.616. The van der Waals surface area contributed by atoms with Crippen LogP contribution in [-0.2, 0) is 0 Å². The Morgan fingerprint density at radius 2 is 2.19 bits per heavy atom. The summed E-state index contributed by atoms with van der Waals surface area (Å²) in [6, 6.07) is 7.33. The summed E-state index contributed by atoms with van der Waals surface area (Å²) < 4.78 is 14.1. The number of non-ortho nitro benzene ring substituents is 1. The highest BCUT2D eigenvalue weighted by molar-refractivity contribution is 8.01. The Morgan fingerprint density at radius 1 is 1.38 bits per heavy atom. The van der Waals surface area contributed by atoms with E-state index in [0.717, 1.165) is 10.3 Å². The van der Waals surface area contributed by atoms with E-state index in [4.69, 9.17) is 0 Å². The van der Waals surface area contributed by atoms with E-state index < -0.39 is 10.7 Å². The Bertz CT molecular complexity index is 514. The molecule has 2 rings (SSSR count). The van der Waals surface area contributed by atoms with E-state index in [2.05, 4.69) is 0 Å². The summed E-state index contributed by atoms with van der Waals surface area (Å²) in [5, 5.41) is 12.4. The van der Waals surface area contributed by atoms with Gasteiger partial charge in [0.05, 0.1) is 15.2 Å². The maximum absolute atomic E-state index is 13.1. The number of nitro benzene ring substituents is 1. The van der Waals surface area contributed by atoms with Gasteiger partial charge in [-0.25, -0.2) is 4.39 Å². The third-order valence-corrected chi connectivity index (χ3v) is 3.79. The SMILES string of the molecule is O=[N+]([O-])c1cc(F)cc(Sc2cccs2)c1. The molecule has 0 spiro atoms. The second-order valence-electron chi connectivity index (χ2n) is 2.94. The van der Waals surface area contributed by atoms with Gasteiger partial charge in [0.15, 0.2) is 0 Å². The fourth-order valence-corrected chi connectivity index (χ4v) is 2.98. The van der Waals surface area contributed by atoms with E-state index in [9.17, 15) is 14.5 Å². The monoisotopic (exact) mass is 255 g/mol. The first-order valence-corrected chi connectivity index (χ1v) is 6.01. The van der Waals surface area contributed by atoms with Crippen LogP contribution >= 0.6 is 23.1 Å². The molecule has 0 bridgehead atoms. The Morgan fingerprint density at radius 3 is 2.81 bits per heavy atom. The van der Waals surface area contributed by atoms with E-state index >= 15 is 0 Å². The van der Waals surface area contributed by atoms with Gasteiger partial charge >= 0.3 is 0 Å². The van der Waals surface area contributed by atoms with Crippen LogP contribution in [0.5, 0.6) is 0 Å². The molecule has 0 aliphatic rings. The summed E-state index contributed by atoms with van der Waals surface area (Å²) in [6.07, 6.45) is 0. The van der Waals surface area contributed by atoms with Crippen LogP contribution in [0.25, 0.3) is 0 Å². The lowest BCUT2D eigenvalue weighted by atomic mass is 10.3. The second-order valence-corrected chi connectivity index (χ2v) is 5.26. The Kier molecular flexibility index (Phi) is 3.21. The lowest BCUT2D eigenvalue weighted by Crippen LogP contribution is -1.89. The zero-order valence-corrected chi connectivity index (χ0v) is 9.56. The molecule has 0 amide bonds. The van der Waals surface area contributed by atoms with Gasteiger partial charge < -0.3 is 0 Å². The van der Waals surface area contributed by atoms with E-state index in [0.29, 0.717) is 4.90 Å². The summed E-state index contributed by atoms with van der Waals surface area (Å²) in [5.41, 5.74) is -0.223. The van der Waals surface area contributed by atoms with Gasteiger partial charge in [-0.2, -0.15) is 0 Å². The summed E-state index contributed by atoms with van der Waals surface area (Å²) in [7, 11) is 0. The first kappa shape index (κ1) is 11.1. The van der Waals surface area contributed by atoms with E-state index in [-0.39, 0.29) is 5.69 Å². The third kappa shape index (κ3) is 2.59. The van der Waals surface area contributed by atoms with Gasteiger partial charge in [0.25, 0.3) is 5.69 Å². The smallest absolute Gasteiger partial charge is 0.258 e. The van der Waals surface area contributed by atoms with E-state index in [1.165, 1.54) is 35.2 Å². The predicted octanol–water partition coefficient (Wildman–Crippen LogP) is 3.95. The molecule has 1 aromatic heterocycles. The topological polar surface area (TPSA) is 43.1 Å². The molecule has 2 aromatic rings. The molecule has 0 saturated carbocycles. The first-order chi connectivity index (χ1) is 7.65. The summed E-state index contributed by atoms with van der Waals surface area (Å²) >= 11 is 2.82. The molecule has 0 N–H and O–H groups in total. The molecule has 82 valence electrons. The van der Waals surface area contributed by atoms with Crippen LogP contribution in [0.15, 0.2) is 44.8 Å². The molecule has 0 fully saturated rings. The summed E-state index contributed by atoms with van der Waals surface area (Å²) in [5.74, 6) is -0.590. The van der Waals surface area contributed by atoms with Crippen molar-refractivity contribution < 1.29 is 9.31 Å². The van der Waals surface area contributed by atoms with Gasteiger partial charge in [-0.1, -0.05) is 17.8 Å². The fourth-order valence-electron chi connectivity index (χ4n) is 1.15. The van der Waals surface area contributed by atoms with Crippen molar-refractivity contribution in [3.8, 4) is 0 Å². The number of hydrogen-bond donors (Lipinski definition) is 0. The molecular weight excluding hydrogens is 249 g/mol. The lowest BCUT2D eigenvalue weighted by molar-refractivity contribution is -0.385. The molecule has 0 aliphatic heterocycles. The van der Waals surface area contributed by atoms with Crippen LogP contribution in [-0.4, -0.2) is 4.92 Å². The number of nitro groups is 1. The number of halogens is 1. The largest absolute Gasteiger partial charge is 0.273 e. The van der Waals surface area contributed by atoms with Crippen molar-refractivity contribution >= 4 is 28.8 Å². The van der Waals surface area contributed by atoms with E-state index in [1.807, 2.05) is 17.5 Å². The van der Waals surface area contributed by atoms with Crippen LogP contribution in [0, 0.1) is 15.9 Å². The molecule has 0 radical (unpaired) electrons. The highest BCUT2D eigenvalue weighted by atomic mass is 32.2. The van der Waals surface area contributed by atoms with Crippen molar-refractivity contribution in [2.75, 3.05) is 0 Å². The van der Waals surface area contributed by atoms with Crippen molar-refractivity contribution in [3.05, 3.63) is 51.6 Å². The molecule has 1 aromatic carbocycles. The van der Waals surface area contributed by atoms with Crippen molar-refractivity contribution in [1.29, 1.82) is 0 Å².